The number of rotatable bonds is 7. The van der Waals surface area contributed by atoms with Gasteiger partial charge in [-0.25, -0.2) is 0 Å². The number of hydrogen-bond donors (Lipinski definition) is 1. The number of piperidine rings is 1. The summed E-state index contributed by atoms with van der Waals surface area (Å²) in [5.74, 6) is 0. The van der Waals surface area contributed by atoms with E-state index in [1.807, 2.05) is 6.08 Å². The van der Waals surface area contributed by atoms with Crippen LogP contribution in [0.5, 0.6) is 0 Å². The van der Waals surface area contributed by atoms with E-state index >= 15 is 0 Å². The number of nitrogens with zero attached hydrogens (tertiary/aromatic N) is 1. The van der Waals surface area contributed by atoms with Crippen LogP contribution in [0.4, 0.5) is 0 Å². The van der Waals surface area contributed by atoms with Crippen LogP contribution in [0.1, 0.15) is 46.0 Å². The second kappa shape index (κ2) is 7.86. The van der Waals surface area contributed by atoms with E-state index in [0.29, 0.717) is 6.04 Å². The molecule has 0 saturated carbocycles. The molecule has 0 aromatic carbocycles. The molecule has 1 heterocycles. The fourth-order valence-electron chi connectivity index (χ4n) is 2.41. The molecule has 1 saturated heterocycles. The lowest BCUT2D eigenvalue weighted by molar-refractivity contribution is 0.160. The lowest BCUT2D eigenvalue weighted by Crippen LogP contribution is -2.42. The normalized spacial score (nSPS) is 24.2. The van der Waals surface area contributed by atoms with Crippen molar-refractivity contribution in [2.45, 2.75) is 58.0 Å². The van der Waals surface area contributed by atoms with Crippen molar-refractivity contribution in [2.75, 3.05) is 19.6 Å². The van der Waals surface area contributed by atoms with E-state index in [-0.39, 0.29) is 0 Å². The largest absolute Gasteiger partial charge is 0.313 e. The number of nitrogens with one attached hydrogen (secondary N) is 1. The number of allylic oxidation sites excluding steroid dienone is 1. The van der Waals surface area contributed by atoms with E-state index in [1.165, 1.54) is 38.8 Å². The summed E-state index contributed by atoms with van der Waals surface area (Å²) in [6, 6.07) is 1.41. The first-order valence-corrected chi connectivity index (χ1v) is 6.82. The average molecular weight is 224 g/mol. The molecule has 2 atom stereocenters. The van der Waals surface area contributed by atoms with Gasteiger partial charge in [0.2, 0.25) is 0 Å². The molecule has 1 rings (SSSR count). The molecule has 0 radical (unpaired) electrons. The SMILES string of the molecule is C=CCCC(C)NCCN1CCCCC1C. The molecule has 0 amide bonds. The Kier molecular flexibility index (Phi) is 6.74. The smallest absolute Gasteiger partial charge is 0.0110 e. The number of likely N-dealkylation sites (tertiary alicyclic amines) is 1. The summed E-state index contributed by atoms with van der Waals surface area (Å²) >= 11 is 0. The second-order valence-electron chi connectivity index (χ2n) is 5.10. The topological polar surface area (TPSA) is 15.3 Å². The molecule has 2 nitrogen and oxygen atoms in total. The van der Waals surface area contributed by atoms with Gasteiger partial charge in [-0.3, -0.25) is 4.90 Å². The Morgan fingerprint density at radius 1 is 1.50 bits per heavy atom. The predicted octanol–water partition coefficient (Wildman–Crippen LogP) is 2.81. The molecule has 94 valence electrons. The van der Waals surface area contributed by atoms with Gasteiger partial charge in [-0.15, -0.1) is 6.58 Å². The third-order valence-electron chi connectivity index (χ3n) is 3.64. The lowest BCUT2D eigenvalue weighted by Gasteiger charge is -2.33. The van der Waals surface area contributed by atoms with Crippen LogP contribution in [-0.4, -0.2) is 36.6 Å². The predicted molar refractivity (Wildman–Crippen MR) is 71.8 cm³/mol. The van der Waals surface area contributed by atoms with Gasteiger partial charge in [0.15, 0.2) is 0 Å². The zero-order chi connectivity index (χ0) is 11.8. The molecule has 2 heteroatoms. The molecule has 0 spiro atoms. The molecule has 1 aliphatic heterocycles. The molecule has 0 aromatic rings. The summed E-state index contributed by atoms with van der Waals surface area (Å²) in [5.41, 5.74) is 0. The monoisotopic (exact) mass is 224 g/mol. The van der Waals surface area contributed by atoms with E-state index in [2.05, 4.69) is 30.6 Å². The molecule has 1 N–H and O–H groups in total. The van der Waals surface area contributed by atoms with Crippen LogP contribution in [0.15, 0.2) is 12.7 Å². The highest BCUT2D eigenvalue weighted by Gasteiger charge is 2.17. The Bertz CT molecular complexity index is 191. The van der Waals surface area contributed by atoms with E-state index in [4.69, 9.17) is 0 Å². The van der Waals surface area contributed by atoms with Gasteiger partial charge in [-0.05, 0) is 46.1 Å². The van der Waals surface area contributed by atoms with Crippen molar-refractivity contribution in [3.63, 3.8) is 0 Å². The van der Waals surface area contributed by atoms with Gasteiger partial charge in [-0.2, -0.15) is 0 Å². The van der Waals surface area contributed by atoms with Crippen LogP contribution in [0.3, 0.4) is 0 Å². The quantitative estimate of drug-likeness (QED) is 0.669. The third-order valence-corrected chi connectivity index (χ3v) is 3.64. The van der Waals surface area contributed by atoms with Crippen molar-refractivity contribution < 1.29 is 0 Å². The summed E-state index contributed by atoms with van der Waals surface area (Å²) in [4.78, 5) is 2.62. The van der Waals surface area contributed by atoms with Crippen LogP contribution in [0.25, 0.3) is 0 Å². The highest BCUT2D eigenvalue weighted by molar-refractivity contribution is 4.75. The van der Waals surface area contributed by atoms with Crippen LogP contribution in [-0.2, 0) is 0 Å². The highest BCUT2D eigenvalue weighted by atomic mass is 15.2. The van der Waals surface area contributed by atoms with Gasteiger partial charge in [0.25, 0.3) is 0 Å². The highest BCUT2D eigenvalue weighted by Crippen LogP contribution is 2.15. The van der Waals surface area contributed by atoms with Crippen LogP contribution in [0, 0.1) is 0 Å². The molecule has 2 unspecified atom stereocenters. The van der Waals surface area contributed by atoms with Crippen LogP contribution in [0.2, 0.25) is 0 Å². The summed E-state index contributed by atoms with van der Waals surface area (Å²) in [6.07, 6.45) is 8.52. The third kappa shape index (κ3) is 5.13. The fourth-order valence-corrected chi connectivity index (χ4v) is 2.41. The zero-order valence-corrected chi connectivity index (χ0v) is 11.0. The van der Waals surface area contributed by atoms with E-state index in [0.717, 1.165) is 19.0 Å². The minimum absolute atomic E-state index is 0.623. The van der Waals surface area contributed by atoms with Gasteiger partial charge in [0.1, 0.15) is 0 Å². The maximum absolute atomic E-state index is 3.76. The summed E-state index contributed by atoms with van der Waals surface area (Å²) in [7, 11) is 0. The van der Waals surface area contributed by atoms with Crippen LogP contribution < -0.4 is 5.32 Å². The van der Waals surface area contributed by atoms with Crippen molar-refractivity contribution in [1.82, 2.24) is 10.2 Å². The molecule has 16 heavy (non-hydrogen) atoms. The molecule has 0 aliphatic carbocycles. The Labute approximate surface area is 101 Å². The minimum atomic E-state index is 0.623. The first-order chi connectivity index (χ1) is 7.74. The van der Waals surface area contributed by atoms with Gasteiger partial charge in [-0.1, -0.05) is 12.5 Å². The van der Waals surface area contributed by atoms with Crippen molar-refractivity contribution >= 4 is 0 Å². The first kappa shape index (κ1) is 13.7. The molecule has 0 bridgehead atoms. The molecular weight excluding hydrogens is 196 g/mol. The van der Waals surface area contributed by atoms with Crippen LogP contribution >= 0.6 is 0 Å². The average Bonchev–Trinajstić information content (AvgIpc) is 2.29. The summed E-state index contributed by atoms with van der Waals surface area (Å²) < 4.78 is 0. The Morgan fingerprint density at radius 2 is 2.31 bits per heavy atom. The lowest BCUT2D eigenvalue weighted by atomic mass is 10.0. The van der Waals surface area contributed by atoms with Crippen molar-refractivity contribution in [3.8, 4) is 0 Å². The first-order valence-electron chi connectivity index (χ1n) is 6.82. The summed E-state index contributed by atoms with van der Waals surface area (Å²) in [5, 5.41) is 3.60. The van der Waals surface area contributed by atoms with Gasteiger partial charge < -0.3 is 5.32 Å². The molecule has 1 aliphatic rings. The van der Waals surface area contributed by atoms with Crippen molar-refractivity contribution in [1.29, 1.82) is 0 Å². The standard InChI is InChI=1S/C14H28N2/c1-4-5-8-13(2)15-10-12-16-11-7-6-9-14(16)3/h4,13-15H,1,5-12H2,2-3H3. The number of hydrogen-bond acceptors (Lipinski definition) is 2. The maximum Gasteiger partial charge on any atom is 0.0110 e. The fraction of sp³-hybridized carbons (Fsp3) is 0.857. The zero-order valence-electron chi connectivity index (χ0n) is 11.0. The van der Waals surface area contributed by atoms with Gasteiger partial charge >= 0.3 is 0 Å². The van der Waals surface area contributed by atoms with E-state index < -0.39 is 0 Å². The van der Waals surface area contributed by atoms with E-state index in [1.54, 1.807) is 0 Å². The minimum Gasteiger partial charge on any atom is -0.313 e. The Morgan fingerprint density at radius 3 is 3.00 bits per heavy atom. The molecule has 0 aromatic heterocycles. The maximum atomic E-state index is 3.76. The van der Waals surface area contributed by atoms with Crippen molar-refractivity contribution in [2.24, 2.45) is 0 Å². The Balaban J connectivity index is 2.07. The van der Waals surface area contributed by atoms with Crippen molar-refractivity contribution in [3.05, 3.63) is 12.7 Å². The Hall–Kier alpha value is -0.340. The second-order valence-corrected chi connectivity index (χ2v) is 5.10. The summed E-state index contributed by atoms with van der Waals surface area (Å²) in [6.45, 7) is 12.0. The molecule has 1 fully saturated rings. The van der Waals surface area contributed by atoms with Gasteiger partial charge in [0.05, 0.1) is 0 Å². The molecular formula is C14H28N2. The van der Waals surface area contributed by atoms with Gasteiger partial charge in [0, 0.05) is 25.2 Å². The van der Waals surface area contributed by atoms with E-state index in [9.17, 15) is 0 Å².